The van der Waals surface area contributed by atoms with Gasteiger partial charge < -0.3 is 10.2 Å². The number of fused-ring (bicyclic) bond motifs is 2. The fraction of sp³-hybridized carbons (Fsp3) is 0.350. The molecular formula is C40H32BrClF12N6O6. The number of carbonyl (C=O) groups is 4. The van der Waals surface area contributed by atoms with Crippen molar-refractivity contribution in [1.29, 1.82) is 0 Å². The van der Waals surface area contributed by atoms with E-state index in [4.69, 9.17) is 0 Å². The van der Waals surface area contributed by atoms with Crippen LogP contribution < -0.4 is 10.2 Å². The molecule has 0 saturated carbocycles. The minimum absolute atomic E-state index is 0. The van der Waals surface area contributed by atoms with Crippen LogP contribution in [0.3, 0.4) is 0 Å². The van der Waals surface area contributed by atoms with Crippen LogP contribution in [0, 0.1) is 11.6 Å². The van der Waals surface area contributed by atoms with E-state index in [0.29, 0.717) is 15.7 Å². The molecule has 12 nitrogen and oxygen atoms in total. The number of carbonyl (C=O) groups excluding carboxylic acids is 4. The van der Waals surface area contributed by atoms with Crippen molar-refractivity contribution < 1.29 is 81.3 Å². The van der Waals surface area contributed by atoms with E-state index >= 15 is 0 Å². The van der Waals surface area contributed by atoms with Crippen molar-refractivity contribution >= 4 is 57.8 Å². The Balaban J connectivity index is 0.000000205. The van der Waals surface area contributed by atoms with Crippen molar-refractivity contribution in [1.82, 2.24) is 25.1 Å². The van der Waals surface area contributed by atoms with Gasteiger partial charge in [0.2, 0.25) is 0 Å². The van der Waals surface area contributed by atoms with Crippen LogP contribution in [0.2, 0.25) is 0 Å². The highest BCUT2D eigenvalue weighted by molar-refractivity contribution is 9.10. The number of halogens is 14. The molecule has 4 aliphatic heterocycles. The molecule has 2 aromatic heterocycles. The van der Waals surface area contributed by atoms with Gasteiger partial charge in [-0.15, -0.1) is 38.7 Å². The molecule has 0 bridgehead atoms. The Bertz CT molecular complexity index is 2400. The van der Waals surface area contributed by atoms with E-state index in [9.17, 15) is 71.9 Å². The predicted molar refractivity (Wildman–Crippen MR) is 211 cm³/mol. The standard InChI is InChI=1S/C20H15F6N3O3.C14H8BrFN2O2.C6H8F5NO.ClH/c21-14-8-27-16(28-6-5-15(19(22,23)10-28)32-20(24,25)26)7-11(14)9-29-17(30)12-3-1-2-4-13(12)18(29)31;15-12-5-8(11(16)6-17-12)7-18-13(19)9-3-1-2-4-10(9)14(18)20;7-5(8)3-12-2-1-4(5)13-6(9,10)11;/h1-4,7-8,15H,5-6,9-10H2;1-6H,7H2;4,12H,1-3H2;1H. The highest BCUT2D eigenvalue weighted by Crippen LogP contribution is 2.37. The molecule has 66 heavy (non-hydrogen) atoms. The molecule has 0 radical (unpaired) electrons. The van der Waals surface area contributed by atoms with Crippen molar-refractivity contribution in [2.24, 2.45) is 0 Å². The molecule has 8 rings (SSSR count). The Hall–Kier alpha value is -5.37. The van der Waals surface area contributed by atoms with Gasteiger partial charge in [0, 0.05) is 17.7 Å². The number of alkyl halides is 10. The molecule has 2 saturated heterocycles. The summed E-state index contributed by atoms with van der Waals surface area (Å²) in [4.78, 5) is 59.7. The number of pyridine rings is 2. The smallest absolute Gasteiger partial charge is 0.350 e. The third-order valence-electron chi connectivity index (χ3n) is 10.1. The van der Waals surface area contributed by atoms with E-state index in [1.807, 2.05) is 0 Å². The summed E-state index contributed by atoms with van der Waals surface area (Å²) in [7, 11) is 0. The Morgan fingerprint density at radius 3 is 1.52 bits per heavy atom. The fourth-order valence-electron chi connectivity index (χ4n) is 6.98. The summed E-state index contributed by atoms with van der Waals surface area (Å²) in [6.07, 6.45) is -13.8. The Kier molecular flexibility index (Phi) is 15.8. The average molecular weight is 1040 g/mol. The molecule has 4 amide bonds. The summed E-state index contributed by atoms with van der Waals surface area (Å²) in [6, 6.07) is 15.2. The quantitative estimate of drug-likeness (QED) is 0.109. The summed E-state index contributed by atoms with van der Waals surface area (Å²) in [5.74, 6) is -10.9. The maximum absolute atomic E-state index is 14.3. The van der Waals surface area contributed by atoms with Crippen LogP contribution >= 0.6 is 28.3 Å². The van der Waals surface area contributed by atoms with Gasteiger partial charge in [-0.25, -0.2) is 36.3 Å². The molecule has 1 N–H and O–H groups in total. The summed E-state index contributed by atoms with van der Waals surface area (Å²) in [5.41, 5.74) is 1.12. The zero-order valence-electron chi connectivity index (χ0n) is 33.2. The molecule has 356 valence electrons. The van der Waals surface area contributed by atoms with E-state index in [-0.39, 0.29) is 66.5 Å². The molecule has 2 aromatic carbocycles. The summed E-state index contributed by atoms with van der Waals surface area (Å²) >= 11 is 3.14. The first-order chi connectivity index (χ1) is 30.3. The zero-order chi connectivity index (χ0) is 47.6. The number of ether oxygens (including phenoxy) is 2. The number of benzene rings is 2. The zero-order valence-corrected chi connectivity index (χ0v) is 35.6. The fourth-order valence-corrected chi connectivity index (χ4v) is 7.36. The number of nitrogens with zero attached hydrogens (tertiary/aromatic N) is 5. The highest BCUT2D eigenvalue weighted by atomic mass is 79.9. The van der Waals surface area contributed by atoms with Gasteiger partial charge in [-0.2, -0.15) is 0 Å². The number of amides is 4. The Morgan fingerprint density at radius 1 is 0.667 bits per heavy atom. The lowest BCUT2D eigenvalue weighted by molar-refractivity contribution is -0.367. The molecule has 0 spiro atoms. The van der Waals surface area contributed by atoms with Crippen LogP contribution in [0.4, 0.5) is 58.5 Å². The van der Waals surface area contributed by atoms with Crippen LogP contribution in [-0.4, -0.2) is 106 Å². The van der Waals surface area contributed by atoms with Crippen molar-refractivity contribution in [3.63, 3.8) is 0 Å². The van der Waals surface area contributed by atoms with Gasteiger partial charge in [0.15, 0.2) is 0 Å². The van der Waals surface area contributed by atoms with E-state index in [1.165, 1.54) is 18.2 Å². The summed E-state index contributed by atoms with van der Waals surface area (Å²) in [5, 5.41) is 2.29. The Morgan fingerprint density at radius 2 is 1.09 bits per heavy atom. The van der Waals surface area contributed by atoms with E-state index in [2.05, 4.69) is 40.7 Å². The second kappa shape index (κ2) is 20.2. The number of rotatable bonds is 7. The third kappa shape index (κ3) is 12.1. The largest absolute Gasteiger partial charge is 0.522 e. The lowest BCUT2D eigenvalue weighted by atomic mass is 10.0. The molecule has 6 heterocycles. The summed E-state index contributed by atoms with van der Waals surface area (Å²) in [6.45, 7) is -2.61. The Labute approximate surface area is 379 Å². The van der Waals surface area contributed by atoms with E-state index < -0.39 is 98.1 Å². The van der Waals surface area contributed by atoms with Gasteiger partial charge in [0.25, 0.3) is 35.5 Å². The number of piperidine rings is 2. The maximum Gasteiger partial charge on any atom is 0.522 e. The molecule has 4 aromatic rings. The van der Waals surface area contributed by atoms with Crippen LogP contribution in [0.5, 0.6) is 0 Å². The topological polar surface area (TPSA) is 134 Å². The van der Waals surface area contributed by atoms with E-state index in [1.54, 1.807) is 36.4 Å². The molecule has 2 fully saturated rings. The van der Waals surface area contributed by atoms with Crippen LogP contribution in [0.15, 0.2) is 77.7 Å². The molecule has 0 aliphatic carbocycles. The van der Waals surface area contributed by atoms with Crippen LogP contribution in [0.1, 0.15) is 65.4 Å². The van der Waals surface area contributed by atoms with Crippen molar-refractivity contribution in [2.45, 2.75) is 62.7 Å². The van der Waals surface area contributed by atoms with Gasteiger partial charge in [0.05, 0.1) is 60.8 Å². The maximum atomic E-state index is 14.3. The van der Waals surface area contributed by atoms with Gasteiger partial charge in [0.1, 0.15) is 34.3 Å². The number of hydrogen-bond acceptors (Lipinski definition) is 10. The molecule has 4 aliphatic rings. The normalized spacial score (nSPS) is 19.9. The van der Waals surface area contributed by atoms with Crippen LogP contribution in [-0.2, 0) is 22.6 Å². The van der Waals surface area contributed by atoms with Crippen LogP contribution in [0.25, 0.3) is 0 Å². The SMILES string of the molecule is Cl.FC(F)(F)OC1CCNCC1(F)F.O=C1c2ccccc2C(=O)N1Cc1cc(Br)ncc1F.O=C1c2ccccc2C(=O)N1Cc1cc(N2CCC(OC(F)(F)F)C(F)(F)C2)ncc1F. The minimum atomic E-state index is -5.20. The average Bonchev–Trinajstić information content (AvgIpc) is 3.61. The van der Waals surface area contributed by atoms with E-state index in [0.717, 1.165) is 33.2 Å². The third-order valence-corrected chi connectivity index (χ3v) is 10.5. The number of hydrogen-bond donors (Lipinski definition) is 1. The second-order valence-electron chi connectivity index (χ2n) is 14.5. The van der Waals surface area contributed by atoms with Crippen molar-refractivity contribution in [3.8, 4) is 0 Å². The minimum Gasteiger partial charge on any atom is -0.350 e. The highest BCUT2D eigenvalue weighted by Gasteiger charge is 2.51. The number of anilines is 1. The number of nitrogens with one attached hydrogen (secondary N) is 1. The molecule has 2 unspecified atom stereocenters. The van der Waals surface area contributed by atoms with Gasteiger partial charge in [-0.05, 0) is 71.7 Å². The number of aromatic nitrogens is 2. The first kappa shape index (κ1) is 51.6. The monoisotopic (exact) mass is 1030 g/mol. The molecule has 26 heteroatoms. The first-order valence-corrected chi connectivity index (χ1v) is 19.7. The first-order valence-electron chi connectivity index (χ1n) is 18.9. The molecule has 2 atom stereocenters. The molecular weight excluding hydrogens is 1000 g/mol. The predicted octanol–water partition coefficient (Wildman–Crippen LogP) is 8.49. The van der Waals surface area contributed by atoms with Gasteiger partial charge >= 0.3 is 12.7 Å². The second-order valence-corrected chi connectivity index (χ2v) is 15.3. The number of imide groups is 2. The summed E-state index contributed by atoms with van der Waals surface area (Å²) < 4.78 is 161. The van der Waals surface area contributed by atoms with Crippen molar-refractivity contribution in [3.05, 3.63) is 123 Å². The van der Waals surface area contributed by atoms with Gasteiger partial charge in [-0.1, -0.05) is 24.3 Å². The van der Waals surface area contributed by atoms with Crippen molar-refractivity contribution in [2.75, 3.05) is 31.1 Å². The lowest BCUT2D eigenvalue weighted by Crippen LogP contribution is -2.54. The lowest BCUT2D eigenvalue weighted by Gasteiger charge is -2.38. The van der Waals surface area contributed by atoms with Gasteiger partial charge in [-0.3, -0.25) is 38.5 Å².